The molecule has 0 aromatic rings. The third-order valence-corrected chi connectivity index (χ3v) is 1.95. The molecule has 0 saturated heterocycles. The van der Waals surface area contributed by atoms with E-state index >= 15 is 0 Å². The second-order valence-corrected chi connectivity index (χ2v) is 2.94. The lowest BCUT2D eigenvalue weighted by molar-refractivity contribution is 0.176. The van der Waals surface area contributed by atoms with Gasteiger partial charge in [0.2, 0.25) is 0 Å². The average Bonchev–Trinajstić information content (AvgIpc) is 2.03. The summed E-state index contributed by atoms with van der Waals surface area (Å²) in [6.07, 6.45) is 5.52. The molecule has 0 aromatic carbocycles. The van der Waals surface area contributed by atoms with Crippen molar-refractivity contribution in [1.82, 2.24) is 0 Å². The van der Waals surface area contributed by atoms with Crippen molar-refractivity contribution < 1.29 is 4.74 Å². The van der Waals surface area contributed by atoms with Crippen molar-refractivity contribution in [3.8, 4) is 0 Å². The number of methoxy groups -OCH3 is 1. The predicted octanol–water partition coefficient (Wildman–Crippen LogP) is 2.66. The molecule has 0 bridgehead atoms. The van der Waals surface area contributed by atoms with Gasteiger partial charge in [-0.25, -0.2) is 4.40 Å². The van der Waals surface area contributed by atoms with E-state index in [9.17, 15) is 0 Å². The maximum atomic E-state index is 5.12. The van der Waals surface area contributed by atoms with Crippen LogP contribution in [0.4, 0.5) is 0 Å². The fraction of sp³-hybridized carbons (Fsp3) is 0.625. The molecule has 0 fully saturated rings. The molecule has 1 atom stereocenters. The van der Waals surface area contributed by atoms with Crippen LogP contribution in [0.2, 0.25) is 0 Å². The summed E-state index contributed by atoms with van der Waals surface area (Å²) in [7, 11) is 1.68. The third-order valence-electron chi connectivity index (χ3n) is 1.06. The Balaban J connectivity index is 3.50. The molecule has 1 unspecified atom stereocenters. The summed E-state index contributed by atoms with van der Waals surface area (Å²) in [6, 6.07) is 0. The SMILES string of the molecule is C=CCC(OC)S/N=C\CC. The molecule has 2 nitrogen and oxygen atoms in total. The number of rotatable bonds is 6. The highest BCUT2D eigenvalue weighted by atomic mass is 32.2. The largest absolute Gasteiger partial charge is 0.369 e. The van der Waals surface area contributed by atoms with E-state index in [0.717, 1.165) is 12.8 Å². The molecule has 0 saturated carbocycles. The van der Waals surface area contributed by atoms with E-state index in [1.54, 1.807) is 7.11 Å². The Hall–Kier alpha value is -0.280. The Kier molecular flexibility index (Phi) is 7.62. The zero-order valence-corrected chi connectivity index (χ0v) is 7.93. The van der Waals surface area contributed by atoms with Crippen molar-refractivity contribution >= 4 is 18.2 Å². The van der Waals surface area contributed by atoms with Gasteiger partial charge in [0.15, 0.2) is 0 Å². The molecule has 64 valence electrons. The minimum Gasteiger partial charge on any atom is -0.369 e. The molecular formula is C8H15NOS. The summed E-state index contributed by atoms with van der Waals surface area (Å²) < 4.78 is 9.21. The lowest BCUT2D eigenvalue weighted by atomic mass is 10.4. The van der Waals surface area contributed by atoms with E-state index in [0.29, 0.717) is 0 Å². The molecule has 11 heavy (non-hydrogen) atoms. The van der Waals surface area contributed by atoms with Crippen molar-refractivity contribution in [2.45, 2.75) is 25.2 Å². The van der Waals surface area contributed by atoms with Crippen molar-refractivity contribution in [1.29, 1.82) is 0 Å². The Morgan fingerprint density at radius 3 is 2.91 bits per heavy atom. The van der Waals surface area contributed by atoms with Crippen molar-refractivity contribution in [3.63, 3.8) is 0 Å². The maximum Gasteiger partial charge on any atom is 0.127 e. The fourth-order valence-electron chi connectivity index (χ4n) is 0.504. The first-order valence-corrected chi connectivity index (χ1v) is 4.50. The minimum absolute atomic E-state index is 0.121. The van der Waals surface area contributed by atoms with Crippen LogP contribution in [0.15, 0.2) is 17.1 Å². The summed E-state index contributed by atoms with van der Waals surface area (Å²) in [5.41, 5.74) is 0.121. The van der Waals surface area contributed by atoms with E-state index < -0.39 is 0 Å². The van der Waals surface area contributed by atoms with Gasteiger partial charge in [-0.15, -0.1) is 6.58 Å². The molecule has 0 aliphatic carbocycles. The second kappa shape index (κ2) is 7.82. The quantitative estimate of drug-likeness (QED) is 0.266. The zero-order chi connectivity index (χ0) is 8.53. The summed E-state index contributed by atoms with van der Waals surface area (Å²) in [5.74, 6) is 0. The first-order chi connectivity index (χ1) is 5.35. The van der Waals surface area contributed by atoms with Gasteiger partial charge in [0.25, 0.3) is 0 Å². The third kappa shape index (κ3) is 6.13. The van der Waals surface area contributed by atoms with Crippen LogP contribution in [0.3, 0.4) is 0 Å². The molecule has 0 spiro atoms. The lowest BCUT2D eigenvalue weighted by Crippen LogP contribution is -2.01. The summed E-state index contributed by atoms with van der Waals surface area (Å²) in [6.45, 7) is 5.69. The first-order valence-electron chi connectivity index (χ1n) is 3.66. The summed E-state index contributed by atoms with van der Waals surface area (Å²) in [5, 5.41) is 0. The van der Waals surface area contributed by atoms with Crippen LogP contribution >= 0.6 is 11.9 Å². The van der Waals surface area contributed by atoms with Crippen LogP contribution in [0.25, 0.3) is 0 Å². The molecule has 0 amide bonds. The van der Waals surface area contributed by atoms with E-state index in [2.05, 4.69) is 17.9 Å². The topological polar surface area (TPSA) is 21.6 Å². The predicted molar refractivity (Wildman–Crippen MR) is 52.0 cm³/mol. The van der Waals surface area contributed by atoms with Crippen LogP contribution in [0.5, 0.6) is 0 Å². The Labute approximate surface area is 72.9 Å². The average molecular weight is 173 g/mol. The Morgan fingerprint density at radius 1 is 1.73 bits per heavy atom. The highest BCUT2D eigenvalue weighted by Crippen LogP contribution is 2.16. The normalized spacial score (nSPS) is 13.6. The smallest absolute Gasteiger partial charge is 0.127 e. The van der Waals surface area contributed by atoms with Crippen LogP contribution in [-0.4, -0.2) is 18.8 Å². The van der Waals surface area contributed by atoms with Crippen molar-refractivity contribution in [2.24, 2.45) is 4.40 Å². The molecule has 0 rings (SSSR count). The van der Waals surface area contributed by atoms with Crippen molar-refractivity contribution in [2.75, 3.05) is 7.11 Å². The highest BCUT2D eigenvalue weighted by molar-refractivity contribution is 7.98. The molecule has 0 aliphatic rings. The molecule has 0 N–H and O–H groups in total. The maximum absolute atomic E-state index is 5.12. The second-order valence-electron chi connectivity index (χ2n) is 1.99. The number of ether oxygens (including phenoxy) is 1. The molecular weight excluding hydrogens is 158 g/mol. The highest BCUT2D eigenvalue weighted by Gasteiger charge is 2.02. The molecule has 3 heteroatoms. The van der Waals surface area contributed by atoms with Gasteiger partial charge in [0, 0.05) is 31.7 Å². The zero-order valence-electron chi connectivity index (χ0n) is 7.12. The van der Waals surface area contributed by atoms with Gasteiger partial charge >= 0.3 is 0 Å². The molecule has 0 aromatic heterocycles. The van der Waals surface area contributed by atoms with Gasteiger partial charge in [-0.1, -0.05) is 13.0 Å². The van der Waals surface area contributed by atoms with Gasteiger partial charge in [0.1, 0.15) is 5.44 Å². The minimum atomic E-state index is 0.121. The Bertz CT molecular complexity index is 125. The van der Waals surface area contributed by atoms with E-state index in [4.69, 9.17) is 4.74 Å². The summed E-state index contributed by atoms with van der Waals surface area (Å²) in [4.78, 5) is 0. The van der Waals surface area contributed by atoms with Gasteiger partial charge in [-0.2, -0.15) is 0 Å². The van der Waals surface area contributed by atoms with E-state index in [-0.39, 0.29) is 5.44 Å². The van der Waals surface area contributed by atoms with Crippen LogP contribution in [0, 0.1) is 0 Å². The molecule has 0 radical (unpaired) electrons. The van der Waals surface area contributed by atoms with Gasteiger partial charge in [-0.05, 0) is 6.42 Å². The van der Waals surface area contributed by atoms with Gasteiger partial charge in [-0.3, -0.25) is 0 Å². The standard InChI is InChI=1S/C8H15NOS/c1-4-6-8(10-3)11-9-7-5-2/h4,7-8H,1,5-6H2,2-3H3/b9-7-. The van der Waals surface area contributed by atoms with E-state index in [1.807, 2.05) is 12.3 Å². The fourth-order valence-corrected chi connectivity index (χ4v) is 1.18. The van der Waals surface area contributed by atoms with Crippen LogP contribution in [-0.2, 0) is 4.74 Å². The molecule has 0 aliphatic heterocycles. The summed E-state index contributed by atoms with van der Waals surface area (Å²) >= 11 is 1.45. The number of nitrogens with zero attached hydrogens (tertiary/aromatic N) is 1. The lowest BCUT2D eigenvalue weighted by Gasteiger charge is -2.07. The monoisotopic (exact) mass is 173 g/mol. The first kappa shape index (κ1) is 10.7. The van der Waals surface area contributed by atoms with Crippen LogP contribution < -0.4 is 0 Å². The van der Waals surface area contributed by atoms with E-state index in [1.165, 1.54) is 11.9 Å². The Morgan fingerprint density at radius 2 is 2.45 bits per heavy atom. The van der Waals surface area contributed by atoms with Crippen molar-refractivity contribution in [3.05, 3.63) is 12.7 Å². The molecule has 0 heterocycles. The van der Waals surface area contributed by atoms with Gasteiger partial charge in [0.05, 0.1) is 0 Å². The van der Waals surface area contributed by atoms with Crippen LogP contribution in [0.1, 0.15) is 19.8 Å². The number of hydrogen-bond acceptors (Lipinski definition) is 3. The van der Waals surface area contributed by atoms with Gasteiger partial charge < -0.3 is 4.74 Å². The number of hydrogen-bond donors (Lipinski definition) is 0.